The highest BCUT2D eigenvalue weighted by atomic mass is 35.5. The van der Waals surface area contributed by atoms with E-state index in [-0.39, 0.29) is 18.2 Å². The lowest BCUT2D eigenvalue weighted by atomic mass is 10.2. The number of halogens is 1. The molecule has 0 aliphatic rings. The Bertz CT molecular complexity index is 734. The van der Waals surface area contributed by atoms with Gasteiger partial charge in [0.1, 0.15) is 6.42 Å². The zero-order valence-electron chi connectivity index (χ0n) is 12.2. The van der Waals surface area contributed by atoms with Gasteiger partial charge in [-0.05, 0) is 42.0 Å². The normalized spacial score (nSPS) is 9.74. The van der Waals surface area contributed by atoms with Gasteiger partial charge in [0.15, 0.2) is 0 Å². The van der Waals surface area contributed by atoms with Crippen LogP contribution in [0.5, 0.6) is 0 Å². The standard InChI is InChI=1S/C17H14ClN3O2/c18-14-5-3-13(4-6-14)17(23)21-15-7-1-12(2-8-15)11-20-16(22)9-10-19/h1-8H,9,11H2,(H,20,22)(H,21,23). The summed E-state index contributed by atoms with van der Waals surface area (Å²) in [6, 6.07) is 15.5. The highest BCUT2D eigenvalue weighted by Crippen LogP contribution is 2.13. The number of hydrogen-bond donors (Lipinski definition) is 2. The molecule has 0 aliphatic heterocycles. The second-order valence-corrected chi connectivity index (χ2v) is 5.21. The largest absolute Gasteiger partial charge is 0.351 e. The van der Waals surface area contributed by atoms with E-state index in [0.717, 1.165) is 5.56 Å². The summed E-state index contributed by atoms with van der Waals surface area (Å²) in [4.78, 5) is 23.3. The van der Waals surface area contributed by atoms with Gasteiger partial charge in [0.2, 0.25) is 5.91 Å². The van der Waals surface area contributed by atoms with Gasteiger partial charge in [-0.2, -0.15) is 5.26 Å². The van der Waals surface area contributed by atoms with Gasteiger partial charge < -0.3 is 10.6 Å². The van der Waals surface area contributed by atoms with E-state index in [2.05, 4.69) is 10.6 Å². The van der Waals surface area contributed by atoms with Crippen LogP contribution in [0, 0.1) is 11.3 Å². The number of rotatable bonds is 5. The SMILES string of the molecule is N#CCC(=O)NCc1ccc(NC(=O)c2ccc(Cl)cc2)cc1. The van der Waals surface area contributed by atoms with E-state index >= 15 is 0 Å². The zero-order valence-corrected chi connectivity index (χ0v) is 12.9. The summed E-state index contributed by atoms with van der Waals surface area (Å²) in [6.07, 6.45) is -0.158. The molecule has 0 saturated carbocycles. The summed E-state index contributed by atoms with van der Waals surface area (Å²) in [5, 5.41) is 14.4. The molecule has 0 fully saturated rings. The van der Waals surface area contributed by atoms with E-state index < -0.39 is 0 Å². The molecule has 23 heavy (non-hydrogen) atoms. The zero-order chi connectivity index (χ0) is 16.7. The molecule has 5 nitrogen and oxygen atoms in total. The Morgan fingerprint density at radius 2 is 1.70 bits per heavy atom. The highest BCUT2D eigenvalue weighted by molar-refractivity contribution is 6.30. The van der Waals surface area contributed by atoms with Crippen molar-refractivity contribution >= 4 is 29.1 Å². The van der Waals surface area contributed by atoms with Crippen molar-refractivity contribution in [3.63, 3.8) is 0 Å². The Labute approximate surface area is 138 Å². The summed E-state index contributed by atoms with van der Waals surface area (Å²) in [5.74, 6) is -0.538. The lowest BCUT2D eigenvalue weighted by molar-refractivity contribution is -0.120. The molecule has 0 saturated heterocycles. The predicted octanol–water partition coefficient (Wildman–Crippen LogP) is 3.12. The lowest BCUT2D eigenvalue weighted by Gasteiger charge is -2.07. The molecule has 116 valence electrons. The minimum Gasteiger partial charge on any atom is -0.351 e. The van der Waals surface area contributed by atoms with E-state index in [1.165, 1.54) is 0 Å². The topological polar surface area (TPSA) is 82.0 Å². The lowest BCUT2D eigenvalue weighted by Crippen LogP contribution is -2.21. The van der Waals surface area contributed by atoms with Gasteiger partial charge in [0, 0.05) is 22.8 Å². The van der Waals surface area contributed by atoms with Crippen LogP contribution < -0.4 is 10.6 Å². The van der Waals surface area contributed by atoms with Crippen LogP contribution in [0.1, 0.15) is 22.3 Å². The van der Waals surface area contributed by atoms with Gasteiger partial charge in [0.05, 0.1) is 6.07 Å². The van der Waals surface area contributed by atoms with Crippen molar-refractivity contribution in [2.24, 2.45) is 0 Å². The number of hydrogen-bond acceptors (Lipinski definition) is 3. The number of nitrogens with one attached hydrogen (secondary N) is 2. The molecule has 2 rings (SSSR count). The predicted molar refractivity (Wildman–Crippen MR) is 87.9 cm³/mol. The van der Waals surface area contributed by atoms with Gasteiger partial charge in [0.25, 0.3) is 5.91 Å². The van der Waals surface area contributed by atoms with Crippen molar-refractivity contribution in [1.82, 2.24) is 5.32 Å². The number of nitrogens with zero attached hydrogens (tertiary/aromatic N) is 1. The highest BCUT2D eigenvalue weighted by Gasteiger charge is 2.06. The average Bonchev–Trinajstić information content (AvgIpc) is 2.55. The third-order valence-corrected chi connectivity index (χ3v) is 3.30. The van der Waals surface area contributed by atoms with Gasteiger partial charge in [-0.1, -0.05) is 23.7 Å². The Balaban J connectivity index is 1.92. The fourth-order valence-electron chi connectivity index (χ4n) is 1.85. The molecule has 0 aliphatic carbocycles. The molecule has 0 heterocycles. The second kappa shape index (κ2) is 7.97. The van der Waals surface area contributed by atoms with Crippen molar-refractivity contribution in [3.8, 4) is 6.07 Å². The smallest absolute Gasteiger partial charge is 0.255 e. The van der Waals surface area contributed by atoms with Crippen molar-refractivity contribution in [2.45, 2.75) is 13.0 Å². The van der Waals surface area contributed by atoms with Crippen LogP contribution >= 0.6 is 11.6 Å². The molecule has 0 radical (unpaired) electrons. The average molecular weight is 328 g/mol. The minimum atomic E-state index is -0.312. The molecule has 0 unspecified atom stereocenters. The third kappa shape index (κ3) is 5.13. The Hall–Kier alpha value is -2.84. The van der Waals surface area contributed by atoms with Crippen LogP contribution in [0.15, 0.2) is 48.5 Å². The first kappa shape index (κ1) is 16.5. The molecule has 2 amide bonds. The number of amides is 2. The summed E-state index contributed by atoms with van der Waals surface area (Å²) in [5.41, 5.74) is 2.04. The van der Waals surface area contributed by atoms with E-state index in [0.29, 0.717) is 22.8 Å². The van der Waals surface area contributed by atoms with E-state index in [1.54, 1.807) is 54.6 Å². The summed E-state index contributed by atoms with van der Waals surface area (Å²) in [6.45, 7) is 0.339. The van der Waals surface area contributed by atoms with Crippen molar-refractivity contribution < 1.29 is 9.59 Å². The molecule has 0 atom stereocenters. The van der Waals surface area contributed by atoms with Crippen LogP contribution in [0.4, 0.5) is 5.69 Å². The van der Waals surface area contributed by atoms with Gasteiger partial charge in [-0.15, -0.1) is 0 Å². The maximum atomic E-state index is 12.1. The number of nitriles is 1. The first-order valence-corrected chi connectivity index (χ1v) is 7.26. The Kier molecular flexibility index (Phi) is 5.73. The van der Waals surface area contributed by atoms with Crippen molar-refractivity contribution in [3.05, 3.63) is 64.7 Å². The van der Waals surface area contributed by atoms with Gasteiger partial charge >= 0.3 is 0 Å². The molecule has 2 aromatic carbocycles. The van der Waals surface area contributed by atoms with Gasteiger partial charge in [-0.25, -0.2) is 0 Å². The van der Waals surface area contributed by atoms with Crippen molar-refractivity contribution in [2.75, 3.05) is 5.32 Å². The Morgan fingerprint density at radius 3 is 2.30 bits per heavy atom. The fraction of sp³-hybridized carbons (Fsp3) is 0.118. The molecule has 0 aromatic heterocycles. The molecule has 0 spiro atoms. The monoisotopic (exact) mass is 327 g/mol. The number of benzene rings is 2. The van der Waals surface area contributed by atoms with E-state index in [1.807, 2.05) is 0 Å². The number of carbonyl (C=O) groups excluding carboxylic acids is 2. The van der Waals surface area contributed by atoms with Crippen LogP contribution in [-0.2, 0) is 11.3 Å². The van der Waals surface area contributed by atoms with Crippen LogP contribution in [0.2, 0.25) is 5.02 Å². The van der Waals surface area contributed by atoms with Crippen LogP contribution in [0.25, 0.3) is 0 Å². The minimum absolute atomic E-state index is 0.158. The summed E-state index contributed by atoms with van der Waals surface area (Å²) >= 11 is 5.79. The first-order valence-electron chi connectivity index (χ1n) is 6.88. The first-order chi connectivity index (χ1) is 11.1. The Morgan fingerprint density at radius 1 is 1.04 bits per heavy atom. The van der Waals surface area contributed by atoms with Crippen LogP contribution in [-0.4, -0.2) is 11.8 Å². The maximum Gasteiger partial charge on any atom is 0.255 e. The third-order valence-electron chi connectivity index (χ3n) is 3.05. The van der Waals surface area contributed by atoms with Crippen molar-refractivity contribution in [1.29, 1.82) is 5.26 Å². The second-order valence-electron chi connectivity index (χ2n) is 4.77. The number of anilines is 1. The molecular formula is C17H14ClN3O2. The molecule has 2 N–H and O–H groups in total. The fourth-order valence-corrected chi connectivity index (χ4v) is 1.97. The van der Waals surface area contributed by atoms with E-state index in [4.69, 9.17) is 16.9 Å². The summed E-state index contributed by atoms with van der Waals surface area (Å²) in [7, 11) is 0. The molecule has 0 bridgehead atoms. The molecular weight excluding hydrogens is 314 g/mol. The van der Waals surface area contributed by atoms with E-state index in [9.17, 15) is 9.59 Å². The maximum absolute atomic E-state index is 12.1. The quantitative estimate of drug-likeness (QED) is 0.885. The van der Waals surface area contributed by atoms with Gasteiger partial charge in [-0.3, -0.25) is 9.59 Å². The summed E-state index contributed by atoms with van der Waals surface area (Å²) < 4.78 is 0. The molecule has 2 aromatic rings. The van der Waals surface area contributed by atoms with Crippen LogP contribution in [0.3, 0.4) is 0 Å². The molecule has 6 heteroatoms. The number of carbonyl (C=O) groups is 2.